The monoisotopic (exact) mass is 368 g/mol. The van der Waals surface area contributed by atoms with Crippen LogP contribution >= 0.6 is 31.9 Å². The number of alkyl halides is 1. The van der Waals surface area contributed by atoms with Crippen LogP contribution in [0.25, 0.3) is 0 Å². The number of ether oxygens (including phenoxy) is 1. The summed E-state index contributed by atoms with van der Waals surface area (Å²) in [4.78, 5) is 0.323. The van der Waals surface area contributed by atoms with E-state index in [0.717, 1.165) is 16.6 Å². The van der Waals surface area contributed by atoms with Crippen molar-refractivity contribution in [3.05, 3.63) is 64.1 Å². The van der Waals surface area contributed by atoms with Crippen molar-refractivity contribution in [1.82, 2.24) is 0 Å². The first kappa shape index (κ1) is 13.6. The van der Waals surface area contributed by atoms with Gasteiger partial charge >= 0.3 is 0 Å². The Morgan fingerprint density at radius 3 is 2.44 bits per heavy atom. The van der Waals surface area contributed by atoms with Crippen molar-refractivity contribution >= 4 is 31.9 Å². The minimum atomic E-state index is 0.323. The van der Waals surface area contributed by atoms with Gasteiger partial charge in [0.15, 0.2) is 0 Å². The van der Waals surface area contributed by atoms with Crippen molar-refractivity contribution in [2.45, 2.75) is 11.2 Å². The highest BCUT2D eigenvalue weighted by Gasteiger charge is 2.08. The Hall–Kier alpha value is -0.800. The number of benzene rings is 2. The summed E-state index contributed by atoms with van der Waals surface area (Å²) >= 11 is 7.24. The molecule has 0 N–H and O–H groups in total. The minimum absolute atomic E-state index is 0.323. The molecule has 0 saturated carbocycles. The second-order valence-electron chi connectivity index (χ2n) is 4.07. The maximum atomic E-state index is 5.16. The molecule has 2 rings (SSSR count). The first-order chi connectivity index (χ1) is 8.69. The van der Waals surface area contributed by atoms with Gasteiger partial charge in [-0.05, 0) is 41.8 Å². The molecule has 1 nitrogen and oxygen atoms in total. The largest absolute Gasteiger partial charge is 0.497 e. The fourth-order valence-corrected chi connectivity index (χ4v) is 2.86. The van der Waals surface area contributed by atoms with Crippen LogP contribution < -0.4 is 4.74 Å². The van der Waals surface area contributed by atoms with Crippen LogP contribution in [0.5, 0.6) is 5.75 Å². The Bertz CT molecular complexity index is 508. The highest BCUT2D eigenvalue weighted by molar-refractivity contribution is 9.10. The summed E-state index contributed by atoms with van der Waals surface area (Å²) in [7, 11) is 1.68. The van der Waals surface area contributed by atoms with Crippen molar-refractivity contribution in [2.24, 2.45) is 0 Å². The lowest BCUT2D eigenvalue weighted by atomic mass is 10.0. The van der Waals surface area contributed by atoms with Gasteiger partial charge in [0.1, 0.15) is 5.75 Å². The zero-order chi connectivity index (χ0) is 13.0. The van der Waals surface area contributed by atoms with Gasteiger partial charge in [-0.3, -0.25) is 0 Å². The van der Waals surface area contributed by atoms with E-state index >= 15 is 0 Å². The van der Waals surface area contributed by atoms with Crippen molar-refractivity contribution in [3.63, 3.8) is 0 Å². The van der Waals surface area contributed by atoms with E-state index in [9.17, 15) is 0 Å². The molecule has 0 amide bonds. The third kappa shape index (κ3) is 3.59. The summed E-state index contributed by atoms with van der Waals surface area (Å²) in [5.74, 6) is 0.896. The first-order valence-electron chi connectivity index (χ1n) is 5.71. The quantitative estimate of drug-likeness (QED) is 0.678. The van der Waals surface area contributed by atoms with E-state index in [4.69, 9.17) is 4.74 Å². The molecule has 1 unspecified atom stereocenters. The molecule has 0 bridgehead atoms. The summed E-state index contributed by atoms with van der Waals surface area (Å²) in [6.45, 7) is 0. The second kappa shape index (κ2) is 6.39. The summed E-state index contributed by atoms with van der Waals surface area (Å²) < 4.78 is 6.27. The van der Waals surface area contributed by atoms with E-state index in [-0.39, 0.29) is 0 Å². The van der Waals surface area contributed by atoms with E-state index in [0.29, 0.717) is 4.83 Å². The number of hydrogen-bond acceptors (Lipinski definition) is 1. The van der Waals surface area contributed by atoms with Crippen molar-refractivity contribution in [3.8, 4) is 5.75 Å². The van der Waals surface area contributed by atoms with Crippen LogP contribution in [0.15, 0.2) is 53.0 Å². The first-order valence-corrected chi connectivity index (χ1v) is 7.42. The zero-order valence-electron chi connectivity index (χ0n) is 10.1. The maximum absolute atomic E-state index is 5.16. The molecule has 94 valence electrons. The predicted octanol–water partition coefficient (Wildman–Crippen LogP) is 5.14. The van der Waals surface area contributed by atoms with Crippen LogP contribution in [0.2, 0.25) is 0 Å². The molecule has 0 heterocycles. The van der Waals surface area contributed by atoms with Gasteiger partial charge in [0.25, 0.3) is 0 Å². The van der Waals surface area contributed by atoms with E-state index in [1.54, 1.807) is 7.11 Å². The average molecular weight is 370 g/mol. The Labute approximate surface area is 124 Å². The second-order valence-corrected chi connectivity index (χ2v) is 6.10. The van der Waals surface area contributed by atoms with Crippen molar-refractivity contribution in [1.29, 1.82) is 0 Å². The Morgan fingerprint density at radius 1 is 1.11 bits per heavy atom. The predicted molar refractivity (Wildman–Crippen MR) is 82.5 cm³/mol. The fourth-order valence-electron chi connectivity index (χ4n) is 1.79. The van der Waals surface area contributed by atoms with Crippen LogP contribution in [0, 0.1) is 0 Å². The Morgan fingerprint density at radius 2 is 1.83 bits per heavy atom. The molecule has 0 aromatic heterocycles. The average Bonchev–Trinajstić information content (AvgIpc) is 2.39. The van der Waals surface area contributed by atoms with E-state index in [1.165, 1.54) is 11.1 Å². The van der Waals surface area contributed by atoms with Gasteiger partial charge in [-0.1, -0.05) is 56.1 Å². The maximum Gasteiger partial charge on any atom is 0.118 e. The lowest BCUT2D eigenvalue weighted by molar-refractivity contribution is 0.414. The molecule has 0 aliphatic carbocycles. The third-order valence-electron chi connectivity index (χ3n) is 2.78. The molecule has 3 heteroatoms. The Kier molecular flexibility index (Phi) is 4.84. The third-order valence-corrected chi connectivity index (χ3v) is 4.13. The number of methoxy groups -OCH3 is 1. The van der Waals surface area contributed by atoms with E-state index < -0.39 is 0 Å². The number of hydrogen-bond donors (Lipinski definition) is 0. The molecule has 1 atom stereocenters. The highest BCUT2D eigenvalue weighted by Crippen LogP contribution is 2.29. The summed E-state index contributed by atoms with van der Waals surface area (Å²) in [6.07, 6.45) is 0.959. The fraction of sp³-hybridized carbons (Fsp3) is 0.200. The number of halogens is 2. The topological polar surface area (TPSA) is 9.23 Å². The normalized spacial score (nSPS) is 12.2. The van der Waals surface area contributed by atoms with E-state index in [1.807, 2.05) is 18.2 Å². The van der Waals surface area contributed by atoms with Gasteiger partial charge < -0.3 is 4.74 Å². The van der Waals surface area contributed by atoms with Crippen LogP contribution in [-0.4, -0.2) is 7.11 Å². The summed E-state index contributed by atoms with van der Waals surface area (Å²) in [5.41, 5.74) is 2.57. The molecule has 2 aromatic carbocycles. The van der Waals surface area contributed by atoms with Crippen LogP contribution in [0.1, 0.15) is 16.0 Å². The number of rotatable bonds is 4. The van der Waals surface area contributed by atoms with Crippen LogP contribution in [-0.2, 0) is 6.42 Å². The lowest BCUT2D eigenvalue weighted by Gasteiger charge is -2.11. The molecule has 2 aromatic rings. The Balaban J connectivity index is 2.08. The van der Waals surface area contributed by atoms with Gasteiger partial charge in [0, 0.05) is 9.30 Å². The smallest absolute Gasteiger partial charge is 0.118 e. The molecule has 0 aliphatic rings. The zero-order valence-corrected chi connectivity index (χ0v) is 13.2. The van der Waals surface area contributed by atoms with Gasteiger partial charge in [0.05, 0.1) is 7.11 Å². The molecule has 0 saturated heterocycles. The molecule has 0 spiro atoms. The van der Waals surface area contributed by atoms with Gasteiger partial charge in [-0.25, -0.2) is 0 Å². The minimum Gasteiger partial charge on any atom is -0.497 e. The summed E-state index contributed by atoms with van der Waals surface area (Å²) in [5, 5.41) is 0. The molecular weight excluding hydrogens is 356 g/mol. The van der Waals surface area contributed by atoms with Crippen LogP contribution in [0.3, 0.4) is 0 Å². The van der Waals surface area contributed by atoms with Crippen LogP contribution in [0.4, 0.5) is 0 Å². The molecule has 0 fully saturated rings. The van der Waals surface area contributed by atoms with Crippen molar-refractivity contribution in [2.75, 3.05) is 7.11 Å². The van der Waals surface area contributed by atoms with Gasteiger partial charge in [-0.2, -0.15) is 0 Å². The van der Waals surface area contributed by atoms with Gasteiger partial charge in [0.2, 0.25) is 0 Å². The molecular formula is C15H14Br2O. The molecule has 0 radical (unpaired) electrons. The molecule has 18 heavy (non-hydrogen) atoms. The van der Waals surface area contributed by atoms with E-state index in [2.05, 4.69) is 62.2 Å². The van der Waals surface area contributed by atoms with Gasteiger partial charge in [-0.15, -0.1) is 0 Å². The highest BCUT2D eigenvalue weighted by atomic mass is 79.9. The summed E-state index contributed by atoms with van der Waals surface area (Å²) in [6, 6.07) is 16.6. The molecule has 0 aliphatic heterocycles. The lowest BCUT2D eigenvalue weighted by Crippen LogP contribution is -1.95. The SMILES string of the molecule is COc1ccc(CC(Br)c2cccc(Br)c2)cc1. The standard InChI is InChI=1S/C15H14Br2O/c1-18-14-7-5-11(6-8-14)9-15(17)12-3-2-4-13(16)10-12/h2-8,10,15H,9H2,1H3. The van der Waals surface area contributed by atoms with Crippen molar-refractivity contribution < 1.29 is 4.74 Å².